The van der Waals surface area contributed by atoms with E-state index in [0.717, 1.165) is 0 Å². The van der Waals surface area contributed by atoms with Crippen LogP contribution in [0.3, 0.4) is 0 Å². The average Bonchev–Trinajstić information content (AvgIpc) is 3.22. The van der Waals surface area contributed by atoms with Crippen LogP contribution in [-0.2, 0) is 0 Å². The zero-order chi connectivity index (χ0) is 34.4. The maximum absolute atomic E-state index is 2.43. The molecule has 0 aliphatic carbocycles. The van der Waals surface area contributed by atoms with Crippen LogP contribution in [0.5, 0.6) is 0 Å². The molecule has 0 spiro atoms. The van der Waals surface area contributed by atoms with Crippen molar-refractivity contribution in [3.05, 3.63) is 206 Å². The van der Waals surface area contributed by atoms with Crippen LogP contribution in [0.4, 0.5) is 0 Å². The van der Waals surface area contributed by atoms with Gasteiger partial charge in [-0.25, -0.2) is 0 Å². The first-order valence-corrected chi connectivity index (χ1v) is 18.0. The van der Waals surface area contributed by atoms with E-state index in [2.05, 4.69) is 206 Å². The van der Waals surface area contributed by atoms with Gasteiger partial charge in [-0.2, -0.15) is 0 Å². The minimum Gasteiger partial charge on any atom is -0.0622 e. The Morgan fingerprint density at radius 1 is 0.192 bits per heavy atom. The Morgan fingerprint density at radius 2 is 0.635 bits per heavy atom. The maximum atomic E-state index is 2.43. The highest BCUT2D eigenvalue weighted by Crippen LogP contribution is 2.46. The van der Waals surface area contributed by atoms with Crippen LogP contribution in [-0.4, -0.2) is 0 Å². The number of hydrogen-bond acceptors (Lipinski definition) is 0. The van der Waals surface area contributed by atoms with Crippen LogP contribution in [0.1, 0.15) is 0 Å². The van der Waals surface area contributed by atoms with Crippen LogP contribution in [0, 0.1) is 0 Å². The molecule has 0 fully saturated rings. The largest absolute Gasteiger partial charge is 0.0622 e. The van der Waals surface area contributed by atoms with E-state index in [9.17, 15) is 0 Å². The first-order valence-electron chi connectivity index (χ1n) is 18.0. The summed E-state index contributed by atoms with van der Waals surface area (Å²) in [5.41, 5.74) is 12.4. The van der Waals surface area contributed by atoms with Gasteiger partial charge in [0.2, 0.25) is 0 Å². The van der Waals surface area contributed by atoms with E-state index in [1.807, 2.05) is 0 Å². The molecular weight excluding hydrogens is 625 g/mol. The highest BCUT2D eigenvalue weighted by atomic mass is 14.2. The minimum atomic E-state index is 1.20. The number of fused-ring (bicyclic) bond motifs is 4. The van der Waals surface area contributed by atoms with E-state index >= 15 is 0 Å². The molecule has 0 amide bonds. The van der Waals surface area contributed by atoms with Crippen molar-refractivity contribution in [1.82, 2.24) is 0 Å². The molecule has 10 aromatic rings. The molecule has 0 bridgehead atoms. The second-order valence-corrected chi connectivity index (χ2v) is 13.6. The maximum Gasteiger partial charge on any atom is -0.00201 e. The first kappa shape index (κ1) is 30.1. The van der Waals surface area contributed by atoms with Crippen molar-refractivity contribution >= 4 is 43.1 Å². The van der Waals surface area contributed by atoms with E-state index in [1.165, 1.54) is 98.7 Å². The number of rotatable bonds is 5. The summed E-state index contributed by atoms with van der Waals surface area (Å²) in [5, 5.41) is 10.1. The van der Waals surface area contributed by atoms with E-state index < -0.39 is 0 Å². The molecule has 52 heavy (non-hydrogen) atoms. The molecule has 0 aliphatic rings. The molecule has 0 unspecified atom stereocenters. The molecule has 0 aromatic heterocycles. The van der Waals surface area contributed by atoms with Gasteiger partial charge in [0, 0.05) is 0 Å². The summed E-state index contributed by atoms with van der Waals surface area (Å²) < 4.78 is 0. The van der Waals surface area contributed by atoms with Gasteiger partial charge in [0.25, 0.3) is 0 Å². The van der Waals surface area contributed by atoms with Crippen LogP contribution in [0.15, 0.2) is 206 Å². The molecule has 0 saturated carbocycles. The summed E-state index contributed by atoms with van der Waals surface area (Å²) in [6.45, 7) is 0. The molecule has 10 rings (SSSR count). The van der Waals surface area contributed by atoms with Gasteiger partial charge >= 0.3 is 0 Å². The van der Waals surface area contributed by atoms with Gasteiger partial charge in [0.15, 0.2) is 0 Å². The fourth-order valence-electron chi connectivity index (χ4n) is 8.21. The molecule has 0 heterocycles. The van der Waals surface area contributed by atoms with Crippen molar-refractivity contribution in [2.45, 2.75) is 0 Å². The first-order chi connectivity index (χ1) is 25.8. The molecule has 0 nitrogen and oxygen atoms in total. The average molecular weight is 659 g/mol. The van der Waals surface area contributed by atoms with Crippen LogP contribution in [0.25, 0.3) is 98.7 Å². The molecule has 242 valence electrons. The van der Waals surface area contributed by atoms with Gasteiger partial charge in [-0.15, -0.1) is 0 Å². The second kappa shape index (κ2) is 12.5. The Morgan fingerprint density at radius 3 is 1.37 bits per heavy atom. The predicted octanol–water partition coefficient (Wildman–Crippen LogP) is 14.6. The lowest BCUT2D eigenvalue weighted by molar-refractivity contribution is 1.60. The summed E-state index contributed by atoms with van der Waals surface area (Å²) >= 11 is 0. The van der Waals surface area contributed by atoms with Gasteiger partial charge in [-0.1, -0.05) is 194 Å². The summed E-state index contributed by atoms with van der Waals surface area (Å²) in [6.07, 6.45) is 0. The summed E-state index contributed by atoms with van der Waals surface area (Å²) in [7, 11) is 0. The normalized spacial score (nSPS) is 11.5. The molecule has 0 saturated heterocycles. The van der Waals surface area contributed by atoms with Crippen molar-refractivity contribution in [1.29, 1.82) is 0 Å². The topological polar surface area (TPSA) is 0 Å². The van der Waals surface area contributed by atoms with Crippen LogP contribution < -0.4 is 0 Å². The molecule has 0 radical (unpaired) electrons. The zero-order valence-corrected chi connectivity index (χ0v) is 28.6. The third-order valence-corrected chi connectivity index (χ3v) is 10.7. The molecule has 0 heteroatoms. The van der Waals surface area contributed by atoms with Crippen molar-refractivity contribution in [2.75, 3.05) is 0 Å². The zero-order valence-electron chi connectivity index (χ0n) is 28.6. The molecule has 0 N–H and O–H groups in total. The van der Waals surface area contributed by atoms with Gasteiger partial charge in [-0.05, 0) is 111 Å². The molecule has 0 aliphatic heterocycles. The minimum absolute atomic E-state index is 1.20. The molecule has 0 atom stereocenters. The Bertz CT molecular complexity index is 2920. The lowest BCUT2D eigenvalue weighted by Crippen LogP contribution is -1.93. The standard InChI is InChI=1S/C52H34/c1-2-13-35(14-3-1)36-27-29-39(30-28-36)51-47-23-8-9-24-48(47)52(46-26-12-18-38-16-5-7-22-44(38)46)49-32-31-41(34-50(49)51)40-19-10-20-42(33-40)45-25-11-17-37-15-4-6-21-43(37)45/h1-34H. The third kappa shape index (κ3) is 5.08. The fourth-order valence-corrected chi connectivity index (χ4v) is 8.21. The number of benzene rings is 10. The quantitative estimate of drug-likeness (QED) is 0.161. The molecular formula is C52H34. The SMILES string of the molecule is c1ccc(-c2ccc(-c3c4ccccc4c(-c4cccc5ccccc45)c4ccc(-c5cccc(-c6cccc7ccccc67)c5)cc34)cc2)cc1. The monoisotopic (exact) mass is 658 g/mol. The summed E-state index contributed by atoms with van der Waals surface area (Å²) in [4.78, 5) is 0. The Hall–Kier alpha value is -6.76. The van der Waals surface area contributed by atoms with Crippen molar-refractivity contribution in [3.63, 3.8) is 0 Å². The van der Waals surface area contributed by atoms with Crippen LogP contribution >= 0.6 is 0 Å². The fraction of sp³-hybridized carbons (Fsp3) is 0. The Kier molecular flexibility index (Phi) is 7.25. The van der Waals surface area contributed by atoms with Crippen molar-refractivity contribution in [2.24, 2.45) is 0 Å². The summed E-state index contributed by atoms with van der Waals surface area (Å²) in [5.74, 6) is 0. The van der Waals surface area contributed by atoms with Gasteiger partial charge in [0.1, 0.15) is 0 Å². The smallest absolute Gasteiger partial charge is 0.00201 e. The van der Waals surface area contributed by atoms with Gasteiger partial charge < -0.3 is 0 Å². The number of hydrogen-bond donors (Lipinski definition) is 0. The lowest BCUT2D eigenvalue weighted by atomic mass is 9.83. The second-order valence-electron chi connectivity index (χ2n) is 13.6. The van der Waals surface area contributed by atoms with E-state index in [4.69, 9.17) is 0 Å². The van der Waals surface area contributed by atoms with Gasteiger partial charge in [-0.3, -0.25) is 0 Å². The van der Waals surface area contributed by atoms with Crippen LogP contribution in [0.2, 0.25) is 0 Å². The van der Waals surface area contributed by atoms with Crippen molar-refractivity contribution < 1.29 is 0 Å². The van der Waals surface area contributed by atoms with E-state index in [0.29, 0.717) is 0 Å². The van der Waals surface area contributed by atoms with Crippen molar-refractivity contribution in [3.8, 4) is 55.6 Å². The lowest BCUT2D eigenvalue weighted by Gasteiger charge is -2.20. The Balaban J connectivity index is 1.24. The van der Waals surface area contributed by atoms with E-state index in [-0.39, 0.29) is 0 Å². The predicted molar refractivity (Wildman–Crippen MR) is 224 cm³/mol. The third-order valence-electron chi connectivity index (χ3n) is 10.7. The highest BCUT2D eigenvalue weighted by Gasteiger charge is 2.19. The molecule has 10 aromatic carbocycles. The summed E-state index contributed by atoms with van der Waals surface area (Å²) in [6, 6.07) is 75.6. The highest BCUT2D eigenvalue weighted by molar-refractivity contribution is 6.24. The van der Waals surface area contributed by atoms with Gasteiger partial charge in [0.05, 0.1) is 0 Å². The Labute approximate surface area is 303 Å². The van der Waals surface area contributed by atoms with E-state index in [1.54, 1.807) is 0 Å².